The summed E-state index contributed by atoms with van der Waals surface area (Å²) in [6.07, 6.45) is 5.76. The number of piperidine rings is 1. The van der Waals surface area contributed by atoms with Crippen molar-refractivity contribution in [3.8, 4) is 0 Å². The molecule has 4 nitrogen and oxygen atoms in total. The van der Waals surface area contributed by atoms with Crippen molar-refractivity contribution in [1.29, 1.82) is 0 Å². The maximum absolute atomic E-state index is 12.3. The van der Waals surface area contributed by atoms with Gasteiger partial charge in [0.25, 0.3) is 0 Å². The van der Waals surface area contributed by atoms with Crippen LogP contribution in [0.3, 0.4) is 0 Å². The predicted molar refractivity (Wildman–Crippen MR) is 96.5 cm³/mol. The Bertz CT molecular complexity index is 585. The van der Waals surface area contributed by atoms with Crippen LogP contribution in [0.4, 0.5) is 0 Å². The fourth-order valence-electron chi connectivity index (χ4n) is 4.31. The molecule has 2 fully saturated rings. The maximum atomic E-state index is 12.3. The van der Waals surface area contributed by atoms with Gasteiger partial charge >= 0.3 is 5.97 Å². The van der Waals surface area contributed by atoms with Crippen LogP contribution in [0.15, 0.2) is 36.4 Å². The molecule has 0 aromatic heterocycles. The van der Waals surface area contributed by atoms with Crippen LogP contribution in [-0.4, -0.2) is 62.1 Å². The molecule has 1 aliphatic carbocycles. The lowest BCUT2D eigenvalue weighted by Crippen LogP contribution is -2.59. The summed E-state index contributed by atoms with van der Waals surface area (Å²) >= 11 is 0. The van der Waals surface area contributed by atoms with Gasteiger partial charge in [0.1, 0.15) is 6.10 Å². The Balaban J connectivity index is 1.68. The monoisotopic (exact) mass is 328 g/mol. The van der Waals surface area contributed by atoms with Gasteiger partial charge in [0.05, 0.1) is 0 Å². The van der Waals surface area contributed by atoms with Gasteiger partial charge in [-0.15, -0.1) is 0 Å². The van der Waals surface area contributed by atoms with E-state index in [1.54, 1.807) is 6.08 Å². The largest absolute Gasteiger partial charge is 0.458 e. The molecule has 3 rings (SSSR count). The van der Waals surface area contributed by atoms with E-state index < -0.39 is 0 Å². The SMILES string of the molecule is CN1CC2CCC(N(C)C)C(C1)C2OC(=O)/C=C/c1ccccc1. The zero-order valence-corrected chi connectivity index (χ0v) is 14.9. The van der Waals surface area contributed by atoms with E-state index in [0.717, 1.165) is 25.1 Å². The summed E-state index contributed by atoms with van der Waals surface area (Å²) in [5.41, 5.74) is 1.02. The quantitative estimate of drug-likeness (QED) is 0.628. The van der Waals surface area contributed by atoms with Crippen LogP contribution in [0.1, 0.15) is 18.4 Å². The van der Waals surface area contributed by atoms with E-state index in [1.165, 1.54) is 6.42 Å². The van der Waals surface area contributed by atoms with Gasteiger partial charge in [-0.2, -0.15) is 0 Å². The van der Waals surface area contributed by atoms with Crippen LogP contribution in [-0.2, 0) is 9.53 Å². The minimum atomic E-state index is -0.220. The second-order valence-electron chi connectivity index (χ2n) is 7.40. The van der Waals surface area contributed by atoms with Gasteiger partial charge in [0.15, 0.2) is 0 Å². The van der Waals surface area contributed by atoms with Crippen LogP contribution in [0.5, 0.6) is 0 Å². The molecule has 130 valence electrons. The number of ether oxygens (including phenoxy) is 1. The van der Waals surface area contributed by atoms with E-state index in [2.05, 4.69) is 30.9 Å². The zero-order valence-electron chi connectivity index (χ0n) is 14.9. The summed E-state index contributed by atoms with van der Waals surface area (Å²) in [5, 5.41) is 0. The molecule has 1 aliphatic heterocycles. The van der Waals surface area contributed by atoms with Crippen LogP contribution in [0.2, 0.25) is 0 Å². The fourth-order valence-corrected chi connectivity index (χ4v) is 4.31. The topological polar surface area (TPSA) is 32.8 Å². The van der Waals surface area contributed by atoms with Crippen molar-refractivity contribution >= 4 is 12.0 Å². The molecular weight excluding hydrogens is 300 g/mol. The minimum Gasteiger partial charge on any atom is -0.458 e. The number of carbonyl (C=O) groups is 1. The van der Waals surface area contributed by atoms with Gasteiger partial charge in [0.2, 0.25) is 0 Å². The van der Waals surface area contributed by atoms with Gasteiger partial charge in [-0.05, 0) is 45.6 Å². The Hall–Kier alpha value is -1.65. The number of carbonyl (C=O) groups excluding carboxylic acids is 1. The smallest absolute Gasteiger partial charge is 0.331 e. The van der Waals surface area contributed by atoms with E-state index in [1.807, 2.05) is 36.4 Å². The van der Waals surface area contributed by atoms with Crippen LogP contribution >= 0.6 is 0 Å². The van der Waals surface area contributed by atoms with Crippen LogP contribution in [0, 0.1) is 11.8 Å². The molecule has 24 heavy (non-hydrogen) atoms. The highest BCUT2D eigenvalue weighted by Gasteiger charge is 2.46. The number of hydrogen-bond donors (Lipinski definition) is 0. The van der Waals surface area contributed by atoms with Crippen molar-refractivity contribution in [3.63, 3.8) is 0 Å². The number of likely N-dealkylation sites (tertiary alicyclic amines) is 1. The summed E-state index contributed by atoms with van der Waals surface area (Å²) in [6, 6.07) is 10.4. The van der Waals surface area contributed by atoms with Crippen LogP contribution < -0.4 is 0 Å². The second kappa shape index (κ2) is 7.49. The van der Waals surface area contributed by atoms with Gasteiger partial charge in [-0.25, -0.2) is 4.79 Å². The Labute approximate surface area is 145 Å². The lowest BCUT2D eigenvalue weighted by molar-refractivity contribution is -0.161. The summed E-state index contributed by atoms with van der Waals surface area (Å²) in [7, 11) is 6.44. The number of benzene rings is 1. The van der Waals surface area contributed by atoms with Crippen LogP contribution in [0.25, 0.3) is 6.08 Å². The highest BCUT2D eigenvalue weighted by molar-refractivity contribution is 5.87. The molecule has 1 saturated carbocycles. The minimum absolute atomic E-state index is 0.0373. The van der Waals surface area contributed by atoms with Gasteiger partial charge < -0.3 is 14.5 Å². The first-order chi connectivity index (χ1) is 11.5. The van der Waals surface area contributed by atoms with Crippen molar-refractivity contribution in [3.05, 3.63) is 42.0 Å². The Morgan fingerprint density at radius 2 is 1.96 bits per heavy atom. The molecule has 1 aromatic carbocycles. The third-order valence-electron chi connectivity index (χ3n) is 5.41. The van der Waals surface area contributed by atoms with E-state index in [0.29, 0.717) is 17.9 Å². The standard InChI is InChI=1S/C20H28N2O2/c1-21(2)18-11-10-16-13-22(3)14-17(18)20(16)24-19(23)12-9-15-7-5-4-6-8-15/h4-9,12,16-18,20H,10-11,13-14H2,1-3H3/b12-9+. The molecule has 0 spiro atoms. The third kappa shape index (κ3) is 3.87. The van der Waals surface area contributed by atoms with E-state index >= 15 is 0 Å². The van der Waals surface area contributed by atoms with Crippen molar-refractivity contribution < 1.29 is 9.53 Å². The molecule has 0 amide bonds. The van der Waals surface area contributed by atoms with E-state index in [-0.39, 0.29) is 12.1 Å². The Morgan fingerprint density at radius 1 is 1.21 bits per heavy atom. The lowest BCUT2D eigenvalue weighted by Gasteiger charge is -2.50. The average molecular weight is 328 g/mol. The molecule has 1 aromatic rings. The number of esters is 1. The molecule has 1 saturated heterocycles. The zero-order chi connectivity index (χ0) is 17.1. The molecule has 0 radical (unpaired) electrons. The Morgan fingerprint density at radius 3 is 2.67 bits per heavy atom. The predicted octanol–water partition coefficient (Wildman–Crippen LogP) is 2.51. The first-order valence-corrected chi connectivity index (χ1v) is 8.83. The number of hydrogen-bond acceptors (Lipinski definition) is 4. The lowest BCUT2D eigenvalue weighted by atomic mass is 9.72. The third-order valence-corrected chi connectivity index (χ3v) is 5.41. The summed E-state index contributed by atoms with van der Waals surface area (Å²) in [6.45, 7) is 2.02. The molecule has 2 aliphatic rings. The molecule has 4 unspecified atom stereocenters. The molecule has 2 bridgehead atoms. The number of fused-ring (bicyclic) bond motifs is 2. The fraction of sp³-hybridized carbons (Fsp3) is 0.550. The first-order valence-electron chi connectivity index (χ1n) is 8.83. The van der Waals surface area contributed by atoms with Gasteiger partial charge in [-0.3, -0.25) is 0 Å². The molecular formula is C20H28N2O2. The second-order valence-corrected chi connectivity index (χ2v) is 7.40. The van der Waals surface area contributed by atoms with Gasteiger partial charge in [-0.1, -0.05) is 30.3 Å². The van der Waals surface area contributed by atoms with Crippen molar-refractivity contribution in [1.82, 2.24) is 9.80 Å². The van der Waals surface area contributed by atoms with Crippen molar-refractivity contribution in [2.24, 2.45) is 11.8 Å². The summed E-state index contributed by atoms with van der Waals surface area (Å²) in [5.74, 6) is 0.633. The van der Waals surface area contributed by atoms with E-state index in [4.69, 9.17) is 4.74 Å². The van der Waals surface area contributed by atoms with Crippen molar-refractivity contribution in [2.45, 2.75) is 25.0 Å². The number of nitrogens with zero attached hydrogens (tertiary/aromatic N) is 2. The first kappa shape index (κ1) is 17.2. The molecule has 1 heterocycles. The molecule has 4 atom stereocenters. The average Bonchev–Trinajstić information content (AvgIpc) is 2.54. The number of rotatable bonds is 4. The van der Waals surface area contributed by atoms with Crippen molar-refractivity contribution in [2.75, 3.05) is 34.2 Å². The molecule has 0 N–H and O–H groups in total. The highest BCUT2D eigenvalue weighted by Crippen LogP contribution is 2.38. The van der Waals surface area contributed by atoms with Gasteiger partial charge in [0, 0.05) is 37.0 Å². The van der Waals surface area contributed by atoms with E-state index in [9.17, 15) is 4.79 Å². The summed E-state index contributed by atoms with van der Waals surface area (Å²) < 4.78 is 5.93. The maximum Gasteiger partial charge on any atom is 0.331 e. The Kier molecular flexibility index (Phi) is 5.36. The normalized spacial score (nSPS) is 30.7. The molecule has 4 heteroatoms. The summed E-state index contributed by atoms with van der Waals surface area (Å²) in [4.78, 5) is 17.0. The highest BCUT2D eigenvalue weighted by atomic mass is 16.5.